The third kappa shape index (κ3) is 4.71. The fourth-order valence-electron chi connectivity index (χ4n) is 4.55. The highest BCUT2D eigenvalue weighted by Gasteiger charge is 2.35. The Morgan fingerprint density at radius 3 is 2.52 bits per heavy atom. The summed E-state index contributed by atoms with van der Waals surface area (Å²) in [5.74, 6) is 0.0637. The zero-order valence-corrected chi connectivity index (χ0v) is 18.1. The molecule has 4 rings (SSSR count). The summed E-state index contributed by atoms with van der Waals surface area (Å²) in [6, 6.07) is 21.0. The van der Waals surface area contributed by atoms with E-state index in [1.54, 1.807) is 0 Å². The van der Waals surface area contributed by atoms with E-state index in [2.05, 4.69) is 40.2 Å². The second kappa shape index (κ2) is 8.80. The van der Waals surface area contributed by atoms with Gasteiger partial charge < -0.3 is 15.4 Å². The number of para-hydroxylation sites is 1. The molecule has 2 aromatic carbocycles. The molecule has 1 aliphatic heterocycles. The van der Waals surface area contributed by atoms with E-state index in [1.165, 1.54) is 22.4 Å². The average Bonchev–Trinajstić information content (AvgIpc) is 3.19. The van der Waals surface area contributed by atoms with Gasteiger partial charge in [0.05, 0.1) is 0 Å². The Bertz CT molecular complexity index is 1040. The highest BCUT2D eigenvalue weighted by Crippen LogP contribution is 2.40. The summed E-state index contributed by atoms with van der Waals surface area (Å²) in [6.07, 6.45) is 5.51. The van der Waals surface area contributed by atoms with Gasteiger partial charge in [-0.05, 0) is 61.9 Å². The van der Waals surface area contributed by atoms with Gasteiger partial charge in [-0.25, -0.2) is 4.79 Å². The molecule has 1 amide bonds. The number of rotatable bonds is 7. The molecule has 5 heteroatoms. The number of ether oxygens (including phenoxy) is 1. The van der Waals surface area contributed by atoms with Crippen molar-refractivity contribution in [2.75, 3.05) is 11.4 Å². The lowest BCUT2D eigenvalue weighted by molar-refractivity contribution is -0.00137. The Kier molecular flexibility index (Phi) is 5.94. The predicted molar refractivity (Wildman–Crippen MR) is 123 cm³/mol. The van der Waals surface area contributed by atoms with Crippen LogP contribution in [0.4, 0.5) is 16.2 Å². The van der Waals surface area contributed by atoms with Gasteiger partial charge in [0.15, 0.2) is 0 Å². The first kappa shape index (κ1) is 20.9. The molecule has 1 atom stereocenters. The topological polar surface area (TPSA) is 68.5 Å². The Labute approximate surface area is 183 Å². The largest absolute Gasteiger partial charge is 0.443 e. The van der Waals surface area contributed by atoms with Crippen LogP contribution in [0.3, 0.4) is 0 Å². The number of hydrogen-bond acceptors (Lipinski definition) is 4. The molecule has 0 radical (unpaired) electrons. The number of nitrogens with two attached hydrogens (primary N) is 1. The smallest absolute Gasteiger partial charge is 0.405 e. The number of carbonyl (C=O) groups is 1. The van der Waals surface area contributed by atoms with Gasteiger partial charge in [0, 0.05) is 36.2 Å². The first-order valence-electron chi connectivity index (χ1n) is 10.7. The van der Waals surface area contributed by atoms with Crippen molar-refractivity contribution < 1.29 is 9.53 Å². The van der Waals surface area contributed by atoms with Crippen LogP contribution in [0.1, 0.15) is 30.5 Å². The Morgan fingerprint density at radius 2 is 1.81 bits per heavy atom. The molecule has 0 saturated carbocycles. The Hall–Kier alpha value is -3.34. The molecule has 1 aromatic heterocycles. The lowest BCUT2D eigenvalue weighted by atomic mass is 9.80. The van der Waals surface area contributed by atoms with Crippen molar-refractivity contribution in [1.29, 1.82) is 0 Å². The van der Waals surface area contributed by atoms with Crippen LogP contribution in [0.25, 0.3) is 0 Å². The first-order chi connectivity index (χ1) is 14.9. The fraction of sp³-hybridized carbons (Fsp3) is 0.308. The predicted octanol–water partition coefficient (Wildman–Crippen LogP) is 5.05. The molecule has 31 heavy (non-hydrogen) atoms. The number of aromatic nitrogens is 1. The number of pyridine rings is 1. The van der Waals surface area contributed by atoms with E-state index in [1.807, 2.05) is 56.6 Å². The van der Waals surface area contributed by atoms with Crippen LogP contribution in [0.2, 0.25) is 0 Å². The highest BCUT2D eigenvalue weighted by atomic mass is 16.6. The van der Waals surface area contributed by atoms with Crippen molar-refractivity contribution in [3.05, 3.63) is 89.7 Å². The zero-order chi connectivity index (χ0) is 21.8. The summed E-state index contributed by atoms with van der Waals surface area (Å²) >= 11 is 0. The minimum absolute atomic E-state index is 0.0637. The van der Waals surface area contributed by atoms with E-state index in [0.717, 1.165) is 31.5 Å². The van der Waals surface area contributed by atoms with Gasteiger partial charge in [-0.15, -0.1) is 0 Å². The van der Waals surface area contributed by atoms with Crippen molar-refractivity contribution in [1.82, 2.24) is 4.98 Å². The van der Waals surface area contributed by atoms with Crippen molar-refractivity contribution in [2.24, 2.45) is 11.7 Å². The fourth-order valence-corrected chi connectivity index (χ4v) is 4.55. The second-order valence-corrected chi connectivity index (χ2v) is 8.65. The molecular weight excluding hydrogens is 386 g/mol. The van der Waals surface area contributed by atoms with Crippen LogP contribution in [-0.2, 0) is 24.0 Å². The number of hydrogen-bond donors (Lipinski definition) is 1. The van der Waals surface area contributed by atoms with E-state index in [-0.39, 0.29) is 5.92 Å². The van der Waals surface area contributed by atoms with Crippen LogP contribution in [0.5, 0.6) is 0 Å². The van der Waals surface area contributed by atoms with Gasteiger partial charge in [0.2, 0.25) is 0 Å². The lowest BCUT2D eigenvalue weighted by Gasteiger charge is -2.35. The molecule has 5 nitrogen and oxygen atoms in total. The van der Waals surface area contributed by atoms with Gasteiger partial charge in [0.25, 0.3) is 0 Å². The Morgan fingerprint density at radius 1 is 1.06 bits per heavy atom. The first-order valence-corrected chi connectivity index (χ1v) is 10.7. The summed E-state index contributed by atoms with van der Waals surface area (Å²) in [4.78, 5) is 18.2. The summed E-state index contributed by atoms with van der Waals surface area (Å²) in [6.45, 7) is 4.85. The van der Waals surface area contributed by atoms with Crippen molar-refractivity contribution >= 4 is 17.5 Å². The molecule has 1 aliphatic rings. The molecule has 1 unspecified atom stereocenters. The molecule has 3 aromatic rings. The van der Waals surface area contributed by atoms with Crippen LogP contribution in [0.15, 0.2) is 73.1 Å². The third-order valence-corrected chi connectivity index (χ3v) is 6.19. The Balaban J connectivity index is 1.69. The monoisotopic (exact) mass is 415 g/mol. The normalized spacial score (nSPS) is 14.2. The summed E-state index contributed by atoms with van der Waals surface area (Å²) in [5, 5.41) is 0. The number of anilines is 2. The highest BCUT2D eigenvalue weighted by molar-refractivity contribution is 5.73. The number of nitrogens with zero attached hydrogens (tertiary/aromatic N) is 2. The number of fused-ring (bicyclic) bond motifs is 1. The SMILES string of the molecule is CC(C)(OC(N)=O)C(Cc1ccccc1)Cc1cccc2c1N(c1ccncc1)CC2. The van der Waals surface area contributed by atoms with Crippen LogP contribution in [-0.4, -0.2) is 23.2 Å². The second-order valence-electron chi connectivity index (χ2n) is 8.65. The number of amides is 1. The average molecular weight is 416 g/mol. The standard InChI is InChI=1S/C26H29N3O2/c1-26(2,31-25(27)30)22(17-19-7-4-3-5-8-19)18-21-10-6-9-20-13-16-29(24(20)21)23-11-14-28-15-12-23/h3-12,14-15,22H,13,16-18H2,1-2H3,(H2,27,30). The number of benzene rings is 2. The molecule has 2 heterocycles. The van der Waals surface area contributed by atoms with Gasteiger partial charge in [-0.2, -0.15) is 0 Å². The van der Waals surface area contributed by atoms with Gasteiger partial charge in [0.1, 0.15) is 5.60 Å². The summed E-state index contributed by atoms with van der Waals surface area (Å²) in [5.41, 5.74) is 10.9. The van der Waals surface area contributed by atoms with E-state index >= 15 is 0 Å². The quantitative estimate of drug-likeness (QED) is 0.586. The van der Waals surface area contributed by atoms with Crippen LogP contribution >= 0.6 is 0 Å². The van der Waals surface area contributed by atoms with Crippen LogP contribution < -0.4 is 10.6 Å². The van der Waals surface area contributed by atoms with Crippen molar-refractivity contribution in [3.8, 4) is 0 Å². The number of primary amides is 1. The molecule has 160 valence electrons. The van der Waals surface area contributed by atoms with Gasteiger partial charge in [-0.3, -0.25) is 4.98 Å². The summed E-state index contributed by atoms with van der Waals surface area (Å²) in [7, 11) is 0. The molecule has 0 aliphatic carbocycles. The zero-order valence-electron chi connectivity index (χ0n) is 18.1. The van der Waals surface area contributed by atoms with E-state index in [0.29, 0.717) is 0 Å². The van der Waals surface area contributed by atoms with Gasteiger partial charge >= 0.3 is 6.09 Å². The molecule has 2 N–H and O–H groups in total. The maximum atomic E-state index is 11.6. The molecular formula is C26H29N3O2. The maximum absolute atomic E-state index is 11.6. The maximum Gasteiger partial charge on any atom is 0.405 e. The van der Waals surface area contributed by atoms with Crippen molar-refractivity contribution in [3.63, 3.8) is 0 Å². The van der Waals surface area contributed by atoms with E-state index in [4.69, 9.17) is 10.5 Å². The lowest BCUT2D eigenvalue weighted by Crippen LogP contribution is -2.41. The minimum Gasteiger partial charge on any atom is -0.443 e. The minimum atomic E-state index is -0.736. The molecule has 0 saturated heterocycles. The van der Waals surface area contributed by atoms with E-state index in [9.17, 15) is 4.79 Å². The van der Waals surface area contributed by atoms with Crippen LogP contribution in [0, 0.1) is 5.92 Å². The van der Waals surface area contributed by atoms with E-state index < -0.39 is 11.7 Å². The molecule has 0 bridgehead atoms. The molecule has 0 fully saturated rings. The number of carbonyl (C=O) groups excluding carboxylic acids is 1. The summed E-state index contributed by atoms with van der Waals surface area (Å²) < 4.78 is 5.59. The third-order valence-electron chi connectivity index (χ3n) is 6.19. The van der Waals surface area contributed by atoms with Gasteiger partial charge in [-0.1, -0.05) is 48.5 Å². The molecule has 0 spiro atoms. The van der Waals surface area contributed by atoms with Crippen molar-refractivity contribution in [2.45, 2.75) is 38.7 Å².